The van der Waals surface area contributed by atoms with E-state index in [4.69, 9.17) is 11.6 Å². The zero-order valence-corrected chi connectivity index (χ0v) is 9.95. The third kappa shape index (κ3) is 2.93. The monoisotopic (exact) mass is 226 g/mol. The summed E-state index contributed by atoms with van der Waals surface area (Å²) in [6.07, 6.45) is 0.919. The van der Waals surface area contributed by atoms with Gasteiger partial charge in [-0.3, -0.25) is 4.79 Å². The maximum atomic E-state index is 11.9. The number of carbonyl (C=O) groups excluding carboxylic acids is 1. The molecule has 1 aromatic heterocycles. The SMILES string of the molecule is CCC(C)N(C)C(=O)c1cccc(Cl)n1. The van der Waals surface area contributed by atoms with Crippen LogP contribution in [0.5, 0.6) is 0 Å². The molecule has 1 rings (SSSR count). The maximum Gasteiger partial charge on any atom is 0.272 e. The first kappa shape index (κ1) is 12.0. The fraction of sp³-hybridized carbons (Fsp3) is 0.455. The lowest BCUT2D eigenvalue weighted by atomic mass is 10.2. The van der Waals surface area contributed by atoms with Gasteiger partial charge in [0.25, 0.3) is 5.91 Å². The first-order valence-electron chi connectivity index (χ1n) is 4.96. The van der Waals surface area contributed by atoms with Crippen molar-refractivity contribution in [1.82, 2.24) is 9.88 Å². The molecule has 1 unspecified atom stereocenters. The van der Waals surface area contributed by atoms with Gasteiger partial charge in [0.1, 0.15) is 10.8 Å². The molecule has 1 atom stereocenters. The number of nitrogens with zero attached hydrogens (tertiary/aromatic N) is 2. The highest BCUT2D eigenvalue weighted by atomic mass is 35.5. The number of aromatic nitrogens is 1. The van der Waals surface area contributed by atoms with Crippen molar-refractivity contribution in [3.05, 3.63) is 29.0 Å². The van der Waals surface area contributed by atoms with Crippen LogP contribution in [0.1, 0.15) is 30.8 Å². The van der Waals surface area contributed by atoms with E-state index in [1.807, 2.05) is 13.8 Å². The number of hydrogen-bond donors (Lipinski definition) is 0. The highest BCUT2D eigenvalue weighted by Crippen LogP contribution is 2.09. The van der Waals surface area contributed by atoms with Crippen molar-refractivity contribution in [2.75, 3.05) is 7.05 Å². The Morgan fingerprint density at radius 2 is 2.27 bits per heavy atom. The predicted octanol–water partition coefficient (Wildman–Crippen LogP) is 2.61. The predicted molar refractivity (Wildman–Crippen MR) is 61.1 cm³/mol. The van der Waals surface area contributed by atoms with Crippen molar-refractivity contribution < 1.29 is 4.79 Å². The Bertz CT molecular complexity index is 354. The number of rotatable bonds is 3. The highest BCUT2D eigenvalue weighted by molar-refractivity contribution is 6.29. The largest absolute Gasteiger partial charge is 0.338 e. The van der Waals surface area contributed by atoms with Gasteiger partial charge in [-0.15, -0.1) is 0 Å². The van der Waals surface area contributed by atoms with Crippen molar-refractivity contribution in [2.24, 2.45) is 0 Å². The van der Waals surface area contributed by atoms with E-state index in [1.165, 1.54) is 0 Å². The van der Waals surface area contributed by atoms with Crippen molar-refractivity contribution in [1.29, 1.82) is 0 Å². The van der Waals surface area contributed by atoms with Crippen molar-refractivity contribution >= 4 is 17.5 Å². The van der Waals surface area contributed by atoms with Gasteiger partial charge in [-0.2, -0.15) is 0 Å². The molecule has 82 valence electrons. The first-order valence-corrected chi connectivity index (χ1v) is 5.33. The van der Waals surface area contributed by atoms with Crippen LogP contribution in [0.15, 0.2) is 18.2 Å². The third-order valence-corrected chi connectivity index (χ3v) is 2.72. The maximum absolute atomic E-state index is 11.9. The van der Waals surface area contributed by atoms with Gasteiger partial charge in [0, 0.05) is 13.1 Å². The lowest BCUT2D eigenvalue weighted by molar-refractivity contribution is 0.0734. The van der Waals surface area contributed by atoms with E-state index < -0.39 is 0 Å². The average Bonchev–Trinajstić information content (AvgIpc) is 2.26. The van der Waals surface area contributed by atoms with E-state index in [1.54, 1.807) is 30.1 Å². The normalized spacial score (nSPS) is 12.3. The summed E-state index contributed by atoms with van der Waals surface area (Å²) in [4.78, 5) is 17.6. The smallest absolute Gasteiger partial charge is 0.272 e. The van der Waals surface area contributed by atoms with Crippen LogP contribution in [0.3, 0.4) is 0 Å². The molecule has 0 bridgehead atoms. The topological polar surface area (TPSA) is 33.2 Å². The number of amides is 1. The molecule has 1 aromatic rings. The summed E-state index contributed by atoms with van der Waals surface area (Å²) in [6.45, 7) is 4.04. The Labute approximate surface area is 95.1 Å². The summed E-state index contributed by atoms with van der Waals surface area (Å²) in [7, 11) is 1.78. The highest BCUT2D eigenvalue weighted by Gasteiger charge is 2.17. The molecule has 0 aliphatic carbocycles. The van der Waals surface area contributed by atoms with Gasteiger partial charge >= 0.3 is 0 Å². The van der Waals surface area contributed by atoms with Gasteiger partial charge in [-0.05, 0) is 25.5 Å². The lowest BCUT2D eigenvalue weighted by Gasteiger charge is -2.23. The molecule has 15 heavy (non-hydrogen) atoms. The zero-order chi connectivity index (χ0) is 11.4. The Morgan fingerprint density at radius 1 is 1.60 bits per heavy atom. The Balaban J connectivity index is 2.85. The second kappa shape index (κ2) is 5.12. The molecule has 0 aromatic carbocycles. The van der Waals surface area contributed by atoms with Crippen LogP contribution in [0.25, 0.3) is 0 Å². The van der Waals surface area contributed by atoms with Gasteiger partial charge < -0.3 is 4.90 Å². The fourth-order valence-corrected chi connectivity index (χ4v) is 1.35. The van der Waals surface area contributed by atoms with Gasteiger partial charge in [0.05, 0.1) is 0 Å². The van der Waals surface area contributed by atoms with Gasteiger partial charge in [-0.25, -0.2) is 4.98 Å². The van der Waals surface area contributed by atoms with Crippen LogP contribution >= 0.6 is 11.6 Å². The molecule has 0 aliphatic rings. The molecule has 0 saturated carbocycles. The van der Waals surface area contributed by atoms with Crippen LogP contribution < -0.4 is 0 Å². The minimum atomic E-state index is -0.0909. The molecule has 0 spiro atoms. The minimum absolute atomic E-state index is 0.0909. The first-order chi connectivity index (χ1) is 7.06. The molecular weight excluding hydrogens is 212 g/mol. The van der Waals surface area contributed by atoms with Gasteiger partial charge in [0.15, 0.2) is 0 Å². The van der Waals surface area contributed by atoms with Crippen LogP contribution in [0.2, 0.25) is 5.15 Å². The van der Waals surface area contributed by atoms with E-state index in [-0.39, 0.29) is 11.9 Å². The number of halogens is 1. The third-order valence-electron chi connectivity index (χ3n) is 2.51. The van der Waals surface area contributed by atoms with Gasteiger partial charge in [0.2, 0.25) is 0 Å². The molecule has 4 heteroatoms. The molecule has 0 aliphatic heterocycles. The second-order valence-electron chi connectivity index (χ2n) is 3.52. The lowest BCUT2D eigenvalue weighted by Crippen LogP contribution is -2.35. The Kier molecular flexibility index (Phi) is 4.09. The molecule has 3 nitrogen and oxygen atoms in total. The molecule has 0 fully saturated rings. The molecular formula is C11H15ClN2O. The Hall–Kier alpha value is -1.09. The Morgan fingerprint density at radius 3 is 2.80 bits per heavy atom. The standard InChI is InChI=1S/C11H15ClN2O/c1-4-8(2)14(3)11(15)9-6-5-7-10(12)13-9/h5-8H,4H2,1-3H3. The summed E-state index contributed by atoms with van der Waals surface area (Å²) >= 11 is 5.73. The van der Waals surface area contributed by atoms with Crippen LogP contribution in [0, 0.1) is 0 Å². The molecule has 1 amide bonds. The van der Waals surface area contributed by atoms with E-state index in [0.29, 0.717) is 10.8 Å². The van der Waals surface area contributed by atoms with Crippen LogP contribution in [-0.2, 0) is 0 Å². The van der Waals surface area contributed by atoms with Crippen LogP contribution in [0.4, 0.5) is 0 Å². The minimum Gasteiger partial charge on any atom is -0.338 e. The fourth-order valence-electron chi connectivity index (χ4n) is 1.18. The van der Waals surface area contributed by atoms with E-state index in [2.05, 4.69) is 4.98 Å². The quantitative estimate of drug-likeness (QED) is 0.743. The van der Waals surface area contributed by atoms with Crippen LogP contribution in [-0.4, -0.2) is 28.9 Å². The molecule has 0 N–H and O–H groups in total. The summed E-state index contributed by atoms with van der Waals surface area (Å²) in [5.41, 5.74) is 0.394. The summed E-state index contributed by atoms with van der Waals surface area (Å²) < 4.78 is 0. The van der Waals surface area contributed by atoms with E-state index in [0.717, 1.165) is 6.42 Å². The number of pyridine rings is 1. The second-order valence-corrected chi connectivity index (χ2v) is 3.91. The average molecular weight is 227 g/mol. The molecule has 0 saturated heterocycles. The van der Waals surface area contributed by atoms with Crippen molar-refractivity contribution in [3.8, 4) is 0 Å². The van der Waals surface area contributed by atoms with E-state index >= 15 is 0 Å². The zero-order valence-electron chi connectivity index (χ0n) is 9.20. The van der Waals surface area contributed by atoms with Crippen molar-refractivity contribution in [2.45, 2.75) is 26.3 Å². The molecule has 1 heterocycles. The van der Waals surface area contributed by atoms with Crippen molar-refractivity contribution in [3.63, 3.8) is 0 Å². The summed E-state index contributed by atoms with van der Waals surface area (Å²) in [5, 5.41) is 0.346. The number of carbonyl (C=O) groups is 1. The summed E-state index contributed by atoms with van der Waals surface area (Å²) in [6, 6.07) is 5.26. The molecule has 0 radical (unpaired) electrons. The number of hydrogen-bond acceptors (Lipinski definition) is 2. The van der Waals surface area contributed by atoms with Gasteiger partial charge in [-0.1, -0.05) is 24.6 Å². The summed E-state index contributed by atoms with van der Waals surface area (Å²) in [5.74, 6) is -0.0909. The van der Waals surface area contributed by atoms with E-state index in [9.17, 15) is 4.79 Å².